The van der Waals surface area contributed by atoms with E-state index < -0.39 is 0 Å². The Bertz CT molecular complexity index is 450. The molecule has 2 rings (SSSR count). The van der Waals surface area contributed by atoms with Gasteiger partial charge in [0, 0.05) is 29.8 Å². The average molecular weight is 326 g/mol. The van der Waals surface area contributed by atoms with Crippen LogP contribution in [0.3, 0.4) is 0 Å². The first kappa shape index (κ1) is 14.5. The number of hydrogen-bond donors (Lipinski definition) is 1. The number of aromatic nitrogens is 1. The van der Waals surface area contributed by atoms with E-state index in [2.05, 4.69) is 45.0 Å². The zero-order chi connectivity index (χ0) is 13.8. The van der Waals surface area contributed by atoms with Crippen LogP contribution in [0.5, 0.6) is 0 Å². The molecule has 1 atom stereocenters. The number of rotatable bonds is 4. The Morgan fingerprint density at radius 1 is 1.63 bits per heavy atom. The van der Waals surface area contributed by atoms with Crippen molar-refractivity contribution < 1.29 is 4.79 Å². The van der Waals surface area contributed by atoms with Crippen molar-refractivity contribution in [2.45, 2.75) is 26.3 Å². The lowest BCUT2D eigenvalue weighted by Crippen LogP contribution is -2.33. The van der Waals surface area contributed by atoms with Gasteiger partial charge in [0.05, 0.1) is 0 Å². The third-order valence-electron chi connectivity index (χ3n) is 3.57. The zero-order valence-corrected chi connectivity index (χ0v) is 13.0. The average Bonchev–Trinajstić information content (AvgIpc) is 2.85. The van der Waals surface area contributed by atoms with Crippen LogP contribution >= 0.6 is 15.9 Å². The zero-order valence-electron chi connectivity index (χ0n) is 11.4. The molecule has 0 bridgehead atoms. The molecule has 1 aliphatic heterocycles. The number of hydrogen-bond acceptors (Lipinski definition) is 3. The van der Waals surface area contributed by atoms with Gasteiger partial charge in [-0.3, -0.25) is 4.79 Å². The number of nitrogens with zero attached hydrogens (tertiary/aromatic N) is 2. The molecule has 1 amide bonds. The Kier molecular flexibility index (Phi) is 4.93. The van der Waals surface area contributed by atoms with Gasteiger partial charge in [-0.25, -0.2) is 4.98 Å². The van der Waals surface area contributed by atoms with E-state index >= 15 is 0 Å². The summed E-state index contributed by atoms with van der Waals surface area (Å²) in [4.78, 5) is 18.6. The Balaban J connectivity index is 1.84. The molecule has 104 valence electrons. The smallest absolute Gasteiger partial charge is 0.271 e. The summed E-state index contributed by atoms with van der Waals surface area (Å²) >= 11 is 3.35. The first-order chi connectivity index (χ1) is 9.08. The number of pyridine rings is 1. The molecule has 5 heteroatoms. The molecule has 4 nitrogen and oxygen atoms in total. The van der Waals surface area contributed by atoms with Crippen molar-refractivity contribution in [1.82, 2.24) is 15.2 Å². The van der Waals surface area contributed by atoms with Gasteiger partial charge in [0.15, 0.2) is 0 Å². The van der Waals surface area contributed by atoms with Crippen molar-refractivity contribution in [2.75, 3.05) is 19.6 Å². The maximum Gasteiger partial charge on any atom is 0.271 e. The third-order valence-corrected chi connectivity index (χ3v) is 4.21. The first-order valence-corrected chi connectivity index (χ1v) is 7.50. The molecule has 1 unspecified atom stereocenters. The molecule has 0 radical (unpaired) electrons. The summed E-state index contributed by atoms with van der Waals surface area (Å²) in [7, 11) is 0. The standard InChI is InChI=1S/C14H20BrN3O/c1-10(2)18-7-5-11(9-18)8-17-14(19)13-12(15)4-3-6-16-13/h3-4,6,10-11H,5,7-9H2,1-2H3,(H,17,19). The van der Waals surface area contributed by atoms with Crippen molar-refractivity contribution in [3.8, 4) is 0 Å². The van der Waals surface area contributed by atoms with Gasteiger partial charge in [-0.15, -0.1) is 0 Å². The van der Waals surface area contributed by atoms with Gasteiger partial charge < -0.3 is 10.2 Å². The predicted molar refractivity (Wildman–Crippen MR) is 79.1 cm³/mol. The Hall–Kier alpha value is -0.940. The molecule has 0 aromatic carbocycles. The normalized spacial score (nSPS) is 19.9. The van der Waals surface area contributed by atoms with Gasteiger partial charge in [0.2, 0.25) is 0 Å². The maximum absolute atomic E-state index is 12.0. The summed E-state index contributed by atoms with van der Waals surface area (Å²) in [5, 5.41) is 2.98. The van der Waals surface area contributed by atoms with E-state index in [9.17, 15) is 4.79 Å². The highest BCUT2D eigenvalue weighted by Crippen LogP contribution is 2.18. The van der Waals surface area contributed by atoms with Crippen molar-refractivity contribution in [3.05, 3.63) is 28.5 Å². The number of carbonyl (C=O) groups excluding carboxylic acids is 1. The SMILES string of the molecule is CC(C)N1CCC(CNC(=O)c2ncccc2Br)C1. The van der Waals surface area contributed by atoms with E-state index in [0.717, 1.165) is 30.5 Å². The number of halogens is 1. The molecule has 19 heavy (non-hydrogen) atoms. The number of carbonyl (C=O) groups is 1. The molecule has 0 saturated carbocycles. The molecule has 1 fully saturated rings. The van der Waals surface area contributed by atoms with E-state index in [0.29, 0.717) is 17.7 Å². The largest absolute Gasteiger partial charge is 0.350 e. The molecule has 1 aliphatic rings. The summed E-state index contributed by atoms with van der Waals surface area (Å²) in [6.45, 7) is 7.36. The van der Waals surface area contributed by atoms with Crippen LogP contribution in [0.25, 0.3) is 0 Å². The maximum atomic E-state index is 12.0. The molecule has 0 aliphatic carbocycles. The molecular weight excluding hydrogens is 306 g/mol. The van der Waals surface area contributed by atoms with Crippen LogP contribution in [0, 0.1) is 5.92 Å². The second-order valence-corrected chi connectivity index (χ2v) is 6.14. The van der Waals surface area contributed by atoms with Crippen molar-refractivity contribution in [2.24, 2.45) is 5.92 Å². The first-order valence-electron chi connectivity index (χ1n) is 6.70. The molecule has 1 N–H and O–H groups in total. The molecule has 1 aromatic rings. The minimum Gasteiger partial charge on any atom is -0.350 e. The summed E-state index contributed by atoms with van der Waals surface area (Å²) < 4.78 is 0.739. The Labute approximate surface area is 122 Å². The van der Waals surface area contributed by atoms with Crippen LogP contribution in [0.1, 0.15) is 30.8 Å². The summed E-state index contributed by atoms with van der Waals surface area (Å²) in [5.74, 6) is 0.448. The van der Waals surface area contributed by atoms with Gasteiger partial charge in [0.25, 0.3) is 5.91 Å². The topological polar surface area (TPSA) is 45.2 Å². The van der Waals surface area contributed by atoms with Gasteiger partial charge in [0.1, 0.15) is 5.69 Å². The third kappa shape index (κ3) is 3.76. The highest BCUT2D eigenvalue weighted by Gasteiger charge is 2.24. The van der Waals surface area contributed by atoms with Crippen LogP contribution in [0.4, 0.5) is 0 Å². The van der Waals surface area contributed by atoms with Gasteiger partial charge in [-0.05, 0) is 60.8 Å². The number of nitrogens with one attached hydrogen (secondary N) is 1. The van der Waals surface area contributed by atoms with E-state index in [1.54, 1.807) is 12.3 Å². The summed E-state index contributed by atoms with van der Waals surface area (Å²) in [5.41, 5.74) is 0.459. The molecular formula is C14H20BrN3O. The molecule has 1 saturated heterocycles. The Morgan fingerprint density at radius 2 is 2.42 bits per heavy atom. The highest BCUT2D eigenvalue weighted by atomic mass is 79.9. The second-order valence-electron chi connectivity index (χ2n) is 5.29. The van der Waals surface area contributed by atoms with E-state index in [-0.39, 0.29) is 5.91 Å². The lowest BCUT2D eigenvalue weighted by molar-refractivity contribution is 0.0941. The van der Waals surface area contributed by atoms with E-state index in [1.807, 2.05) is 6.07 Å². The van der Waals surface area contributed by atoms with Crippen LogP contribution in [-0.2, 0) is 0 Å². The molecule has 2 heterocycles. The second kappa shape index (κ2) is 6.48. The minimum atomic E-state index is -0.101. The van der Waals surface area contributed by atoms with Gasteiger partial charge >= 0.3 is 0 Å². The van der Waals surface area contributed by atoms with Crippen molar-refractivity contribution in [3.63, 3.8) is 0 Å². The van der Waals surface area contributed by atoms with Crippen LogP contribution in [0.15, 0.2) is 22.8 Å². The van der Waals surface area contributed by atoms with Crippen LogP contribution < -0.4 is 5.32 Å². The van der Waals surface area contributed by atoms with Crippen molar-refractivity contribution in [1.29, 1.82) is 0 Å². The van der Waals surface area contributed by atoms with E-state index in [1.165, 1.54) is 0 Å². The van der Waals surface area contributed by atoms with E-state index in [4.69, 9.17) is 0 Å². The van der Waals surface area contributed by atoms with Gasteiger partial charge in [-0.1, -0.05) is 0 Å². The quantitative estimate of drug-likeness (QED) is 0.923. The predicted octanol–water partition coefficient (Wildman–Crippen LogP) is 2.30. The highest BCUT2D eigenvalue weighted by molar-refractivity contribution is 9.10. The fraction of sp³-hybridized carbons (Fsp3) is 0.571. The Morgan fingerprint density at radius 3 is 3.05 bits per heavy atom. The lowest BCUT2D eigenvalue weighted by atomic mass is 10.1. The van der Waals surface area contributed by atoms with Crippen LogP contribution in [0.2, 0.25) is 0 Å². The monoisotopic (exact) mass is 325 g/mol. The molecule has 0 spiro atoms. The minimum absolute atomic E-state index is 0.101. The fourth-order valence-corrected chi connectivity index (χ4v) is 2.81. The van der Waals surface area contributed by atoms with Crippen molar-refractivity contribution >= 4 is 21.8 Å². The van der Waals surface area contributed by atoms with Gasteiger partial charge in [-0.2, -0.15) is 0 Å². The number of amides is 1. The number of likely N-dealkylation sites (tertiary alicyclic amines) is 1. The lowest BCUT2D eigenvalue weighted by Gasteiger charge is -2.20. The van der Waals surface area contributed by atoms with Crippen LogP contribution in [-0.4, -0.2) is 41.5 Å². The summed E-state index contributed by atoms with van der Waals surface area (Å²) in [6.07, 6.45) is 2.79. The molecule has 1 aromatic heterocycles. The fourth-order valence-electron chi connectivity index (χ4n) is 2.37. The summed E-state index contributed by atoms with van der Waals surface area (Å²) in [6, 6.07) is 4.22.